The lowest BCUT2D eigenvalue weighted by molar-refractivity contribution is -0.148. The van der Waals surface area contributed by atoms with E-state index in [-0.39, 0.29) is 0 Å². The normalized spacial score (nSPS) is 20.4. The molecule has 1 aliphatic carbocycles. The Morgan fingerprint density at radius 3 is 2.60 bits per heavy atom. The van der Waals surface area contributed by atoms with Gasteiger partial charge in [-0.2, -0.15) is 5.26 Å². The van der Waals surface area contributed by atoms with Crippen LogP contribution in [0.15, 0.2) is 24.3 Å². The second kappa shape index (κ2) is 4.17. The van der Waals surface area contributed by atoms with Gasteiger partial charge < -0.3 is 0 Å². The average molecular weight is 269 g/mol. The third kappa shape index (κ3) is 1.53. The molecule has 0 atom stereocenters. The number of nitrogens with zero attached hydrogens (tertiary/aromatic N) is 2. The Labute approximate surface area is 115 Å². The van der Waals surface area contributed by atoms with Crippen LogP contribution in [0.25, 0.3) is 0 Å². The molecular weight excluding hydrogens is 258 g/mol. The van der Waals surface area contributed by atoms with Gasteiger partial charge in [-0.1, -0.05) is 12.5 Å². The Kier molecular flexibility index (Phi) is 2.57. The molecule has 1 N–H and O–H groups in total. The van der Waals surface area contributed by atoms with Crippen molar-refractivity contribution in [2.75, 3.05) is 4.90 Å². The van der Waals surface area contributed by atoms with E-state index in [1.807, 2.05) is 6.07 Å². The third-order valence-corrected chi connectivity index (χ3v) is 3.91. The zero-order valence-corrected chi connectivity index (χ0v) is 10.5. The molecule has 100 valence electrons. The number of benzene rings is 1. The monoisotopic (exact) mass is 269 g/mol. The molecule has 2 fully saturated rings. The summed E-state index contributed by atoms with van der Waals surface area (Å²) in [5.74, 6) is -1.00. The molecule has 1 heterocycles. The van der Waals surface area contributed by atoms with Crippen LogP contribution in [0.2, 0.25) is 0 Å². The van der Waals surface area contributed by atoms with Crippen LogP contribution in [0.4, 0.5) is 10.5 Å². The Morgan fingerprint density at radius 1 is 1.25 bits per heavy atom. The van der Waals surface area contributed by atoms with Crippen molar-refractivity contribution in [1.29, 1.82) is 5.26 Å². The predicted molar refractivity (Wildman–Crippen MR) is 68.5 cm³/mol. The predicted octanol–water partition coefficient (Wildman–Crippen LogP) is 1.31. The highest BCUT2D eigenvalue weighted by Gasteiger charge is 2.57. The summed E-state index contributed by atoms with van der Waals surface area (Å²) in [6.45, 7) is 0. The van der Waals surface area contributed by atoms with Crippen molar-refractivity contribution >= 4 is 23.5 Å². The molecule has 0 bridgehead atoms. The fraction of sp³-hybridized carbons (Fsp3) is 0.286. The quantitative estimate of drug-likeness (QED) is 0.778. The second-order valence-corrected chi connectivity index (χ2v) is 5.00. The van der Waals surface area contributed by atoms with E-state index in [9.17, 15) is 14.4 Å². The summed E-state index contributed by atoms with van der Waals surface area (Å²) in [4.78, 5) is 37.3. The van der Waals surface area contributed by atoms with Crippen molar-refractivity contribution in [3.63, 3.8) is 0 Å². The lowest BCUT2D eigenvalue weighted by Gasteiger charge is -2.44. The molecule has 1 spiro atoms. The minimum atomic E-state index is -1.10. The Balaban J connectivity index is 2.03. The van der Waals surface area contributed by atoms with E-state index in [1.54, 1.807) is 18.2 Å². The first-order valence-corrected chi connectivity index (χ1v) is 6.29. The molecule has 1 aliphatic heterocycles. The summed E-state index contributed by atoms with van der Waals surface area (Å²) in [6.07, 6.45) is 1.71. The van der Waals surface area contributed by atoms with Crippen LogP contribution in [0.1, 0.15) is 24.8 Å². The number of amides is 4. The van der Waals surface area contributed by atoms with Gasteiger partial charge >= 0.3 is 6.03 Å². The van der Waals surface area contributed by atoms with Gasteiger partial charge in [-0.25, -0.2) is 9.69 Å². The molecule has 3 rings (SSSR count). The highest BCUT2D eigenvalue weighted by Crippen LogP contribution is 2.45. The molecule has 4 amide bonds. The number of nitrogens with one attached hydrogen (secondary N) is 1. The highest BCUT2D eigenvalue weighted by atomic mass is 16.2. The summed E-state index contributed by atoms with van der Waals surface area (Å²) in [5, 5.41) is 11.1. The van der Waals surface area contributed by atoms with Crippen molar-refractivity contribution in [2.24, 2.45) is 5.41 Å². The van der Waals surface area contributed by atoms with E-state index >= 15 is 0 Å². The van der Waals surface area contributed by atoms with Crippen molar-refractivity contribution in [3.8, 4) is 6.07 Å². The molecule has 0 aromatic heterocycles. The molecule has 20 heavy (non-hydrogen) atoms. The summed E-state index contributed by atoms with van der Waals surface area (Å²) in [7, 11) is 0. The smallest absolute Gasteiger partial charge is 0.276 e. The highest BCUT2D eigenvalue weighted by molar-refractivity contribution is 6.30. The van der Waals surface area contributed by atoms with Gasteiger partial charge in [0.15, 0.2) is 0 Å². The molecular formula is C14H11N3O3. The maximum atomic E-state index is 12.5. The number of carbonyl (C=O) groups excluding carboxylic acids is 3. The number of carbonyl (C=O) groups is 3. The van der Waals surface area contributed by atoms with Crippen LogP contribution in [0.3, 0.4) is 0 Å². The van der Waals surface area contributed by atoms with E-state index in [4.69, 9.17) is 5.26 Å². The largest absolute Gasteiger partial charge is 0.335 e. The van der Waals surface area contributed by atoms with E-state index < -0.39 is 23.3 Å². The Morgan fingerprint density at radius 2 is 2.00 bits per heavy atom. The van der Waals surface area contributed by atoms with Crippen LogP contribution in [0, 0.1) is 16.7 Å². The SMILES string of the molecule is N#Cc1cccc(N2C(=O)NC(=O)C3(CCC3)C2=O)c1. The molecule has 1 aromatic carbocycles. The summed E-state index contributed by atoms with van der Waals surface area (Å²) < 4.78 is 0. The van der Waals surface area contributed by atoms with E-state index in [2.05, 4.69) is 5.32 Å². The Hall–Kier alpha value is -2.68. The van der Waals surface area contributed by atoms with Crippen LogP contribution in [0.5, 0.6) is 0 Å². The molecule has 0 radical (unpaired) electrons. The lowest BCUT2D eigenvalue weighted by Crippen LogP contribution is -2.66. The van der Waals surface area contributed by atoms with Crippen molar-refractivity contribution < 1.29 is 14.4 Å². The molecule has 2 aliphatic rings. The van der Waals surface area contributed by atoms with Crippen molar-refractivity contribution in [1.82, 2.24) is 5.32 Å². The van der Waals surface area contributed by atoms with Gasteiger partial charge in [-0.15, -0.1) is 0 Å². The van der Waals surface area contributed by atoms with Crippen LogP contribution >= 0.6 is 0 Å². The third-order valence-electron chi connectivity index (χ3n) is 3.91. The maximum absolute atomic E-state index is 12.5. The first kappa shape index (κ1) is 12.4. The number of barbiturate groups is 1. The molecule has 6 heteroatoms. The minimum absolute atomic E-state index is 0.310. The summed E-state index contributed by atoms with van der Waals surface area (Å²) in [6, 6.07) is 7.41. The fourth-order valence-electron chi connectivity index (χ4n) is 2.60. The van der Waals surface area contributed by atoms with Crippen LogP contribution in [-0.2, 0) is 9.59 Å². The van der Waals surface area contributed by atoms with Gasteiger partial charge in [0.2, 0.25) is 5.91 Å². The van der Waals surface area contributed by atoms with Crippen molar-refractivity contribution in [3.05, 3.63) is 29.8 Å². The molecule has 0 unspecified atom stereocenters. The summed E-state index contributed by atoms with van der Waals surface area (Å²) in [5.41, 5.74) is -0.440. The van der Waals surface area contributed by atoms with E-state index in [0.717, 1.165) is 11.3 Å². The van der Waals surface area contributed by atoms with Gasteiger partial charge in [0.25, 0.3) is 5.91 Å². The lowest BCUT2D eigenvalue weighted by atomic mass is 9.66. The number of imide groups is 2. The molecule has 6 nitrogen and oxygen atoms in total. The first-order valence-electron chi connectivity index (χ1n) is 6.29. The standard InChI is InChI=1S/C14H11N3O3/c15-8-9-3-1-4-10(7-9)17-12(19)14(5-2-6-14)11(18)16-13(17)20/h1,3-4,7H,2,5-6H2,(H,16,18,20). The Bertz CT molecular complexity index is 670. The fourth-order valence-corrected chi connectivity index (χ4v) is 2.60. The number of hydrogen-bond acceptors (Lipinski definition) is 4. The number of urea groups is 1. The van der Waals surface area contributed by atoms with Gasteiger partial charge in [0.1, 0.15) is 5.41 Å². The van der Waals surface area contributed by atoms with Gasteiger partial charge in [-0.3, -0.25) is 14.9 Å². The van der Waals surface area contributed by atoms with E-state index in [0.29, 0.717) is 24.1 Å². The van der Waals surface area contributed by atoms with Gasteiger partial charge in [0, 0.05) is 0 Å². The summed E-state index contributed by atoms with van der Waals surface area (Å²) >= 11 is 0. The zero-order chi connectivity index (χ0) is 14.3. The number of rotatable bonds is 1. The van der Waals surface area contributed by atoms with Crippen molar-refractivity contribution in [2.45, 2.75) is 19.3 Å². The molecule has 1 saturated carbocycles. The average Bonchev–Trinajstić information content (AvgIpc) is 2.37. The topological polar surface area (TPSA) is 90.3 Å². The van der Waals surface area contributed by atoms with Gasteiger partial charge in [-0.05, 0) is 31.0 Å². The number of hydrogen-bond donors (Lipinski definition) is 1. The van der Waals surface area contributed by atoms with Crippen LogP contribution in [-0.4, -0.2) is 17.8 Å². The van der Waals surface area contributed by atoms with Gasteiger partial charge in [0.05, 0.1) is 17.3 Å². The van der Waals surface area contributed by atoms with Crippen LogP contribution < -0.4 is 10.2 Å². The first-order chi connectivity index (χ1) is 9.58. The second-order valence-electron chi connectivity index (χ2n) is 5.00. The zero-order valence-electron chi connectivity index (χ0n) is 10.5. The molecule has 1 aromatic rings. The van der Waals surface area contributed by atoms with E-state index in [1.165, 1.54) is 6.07 Å². The number of anilines is 1. The maximum Gasteiger partial charge on any atom is 0.335 e. The minimum Gasteiger partial charge on any atom is -0.276 e. The number of nitriles is 1. The molecule has 1 saturated heterocycles.